The minimum atomic E-state index is -0.206. The van der Waals surface area contributed by atoms with Gasteiger partial charge in [0.15, 0.2) is 11.5 Å². The number of amides is 1. The van der Waals surface area contributed by atoms with Crippen LogP contribution in [0.5, 0.6) is 11.5 Å². The second-order valence-corrected chi connectivity index (χ2v) is 7.10. The predicted molar refractivity (Wildman–Crippen MR) is 104 cm³/mol. The second kappa shape index (κ2) is 8.01. The Morgan fingerprint density at radius 1 is 1.07 bits per heavy atom. The molecule has 0 bridgehead atoms. The van der Waals surface area contributed by atoms with Crippen LogP contribution in [0.1, 0.15) is 36.9 Å². The minimum Gasteiger partial charge on any atom is -0.454 e. The normalized spacial score (nSPS) is 17.1. The van der Waals surface area contributed by atoms with E-state index in [1.54, 1.807) is 0 Å². The summed E-state index contributed by atoms with van der Waals surface area (Å²) in [6, 6.07) is 15.9. The van der Waals surface area contributed by atoms with Gasteiger partial charge in [-0.1, -0.05) is 36.4 Å². The molecule has 1 atom stereocenters. The Hall–Kier alpha value is -2.53. The molecule has 5 nitrogen and oxygen atoms in total. The van der Waals surface area contributed by atoms with Crippen molar-refractivity contribution in [2.75, 3.05) is 26.4 Å². The molecule has 2 aromatic rings. The fraction of sp³-hybridized carbons (Fsp3) is 0.409. The number of likely N-dealkylation sites (tertiary alicyclic amines) is 1. The molecule has 0 aliphatic carbocycles. The largest absolute Gasteiger partial charge is 0.454 e. The van der Waals surface area contributed by atoms with Crippen molar-refractivity contribution in [2.24, 2.45) is 0 Å². The van der Waals surface area contributed by atoms with Gasteiger partial charge >= 0.3 is 0 Å². The van der Waals surface area contributed by atoms with Crippen LogP contribution in [0.3, 0.4) is 0 Å². The maximum absolute atomic E-state index is 13.5. The first kappa shape index (κ1) is 17.9. The summed E-state index contributed by atoms with van der Waals surface area (Å²) in [5.41, 5.74) is 2.14. The fourth-order valence-electron chi connectivity index (χ4n) is 3.92. The summed E-state index contributed by atoms with van der Waals surface area (Å²) >= 11 is 0. The molecule has 2 aromatic carbocycles. The lowest BCUT2D eigenvalue weighted by molar-refractivity contribution is -0.137. The van der Waals surface area contributed by atoms with Crippen LogP contribution in [0.2, 0.25) is 0 Å². The molecule has 1 saturated heterocycles. The molecule has 5 heteroatoms. The van der Waals surface area contributed by atoms with Crippen LogP contribution >= 0.6 is 0 Å². The Morgan fingerprint density at radius 3 is 2.56 bits per heavy atom. The van der Waals surface area contributed by atoms with Crippen LogP contribution in [-0.2, 0) is 11.3 Å². The van der Waals surface area contributed by atoms with Gasteiger partial charge in [-0.3, -0.25) is 9.69 Å². The van der Waals surface area contributed by atoms with Gasteiger partial charge in [0.2, 0.25) is 12.7 Å². The molecule has 142 valence electrons. The van der Waals surface area contributed by atoms with Crippen molar-refractivity contribution in [3.05, 3.63) is 59.7 Å². The first-order valence-electron chi connectivity index (χ1n) is 9.72. The van der Waals surface area contributed by atoms with Crippen molar-refractivity contribution in [1.82, 2.24) is 9.80 Å². The number of ether oxygens (including phenoxy) is 2. The van der Waals surface area contributed by atoms with Gasteiger partial charge in [0.1, 0.15) is 6.04 Å². The van der Waals surface area contributed by atoms with E-state index in [4.69, 9.17) is 9.47 Å². The molecule has 27 heavy (non-hydrogen) atoms. The topological polar surface area (TPSA) is 42.0 Å². The van der Waals surface area contributed by atoms with E-state index in [0.717, 1.165) is 48.6 Å². The summed E-state index contributed by atoms with van der Waals surface area (Å²) in [6.07, 6.45) is 2.32. The first-order chi connectivity index (χ1) is 13.3. The molecule has 0 spiro atoms. The van der Waals surface area contributed by atoms with Crippen molar-refractivity contribution in [1.29, 1.82) is 0 Å². The van der Waals surface area contributed by atoms with Crippen molar-refractivity contribution in [2.45, 2.75) is 32.4 Å². The maximum Gasteiger partial charge on any atom is 0.244 e. The highest BCUT2D eigenvalue weighted by Gasteiger charge is 2.32. The Balaban J connectivity index is 1.56. The number of rotatable bonds is 6. The summed E-state index contributed by atoms with van der Waals surface area (Å²) in [7, 11) is 0. The van der Waals surface area contributed by atoms with Gasteiger partial charge < -0.3 is 14.4 Å². The third kappa shape index (κ3) is 3.78. The van der Waals surface area contributed by atoms with E-state index >= 15 is 0 Å². The second-order valence-electron chi connectivity index (χ2n) is 7.10. The van der Waals surface area contributed by atoms with E-state index in [1.165, 1.54) is 0 Å². The van der Waals surface area contributed by atoms with Crippen LogP contribution in [0, 0.1) is 0 Å². The third-order valence-corrected chi connectivity index (χ3v) is 5.36. The van der Waals surface area contributed by atoms with Crippen LogP contribution in [0.25, 0.3) is 0 Å². The smallest absolute Gasteiger partial charge is 0.244 e. The zero-order valence-corrected chi connectivity index (χ0v) is 15.8. The van der Waals surface area contributed by atoms with Gasteiger partial charge in [-0.15, -0.1) is 0 Å². The van der Waals surface area contributed by atoms with Crippen LogP contribution in [0.4, 0.5) is 0 Å². The highest BCUT2D eigenvalue weighted by Crippen LogP contribution is 2.33. The number of fused-ring (bicyclic) bond motifs is 1. The van der Waals surface area contributed by atoms with Crippen molar-refractivity contribution < 1.29 is 14.3 Å². The minimum absolute atomic E-state index is 0.170. The van der Waals surface area contributed by atoms with Crippen molar-refractivity contribution in [3.8, 4) is 11.5 Å². The molecule has 1 unspecified atom stereocenters. The Morgan fingerprint density at radius 2 is 1.81 bits per heavy atom. The zero-order chi connectivity index (χ0) is 18.6. The monoisotopic (exact) mass is 366 g/mol. The molecule has 0 aromatic heterocycles. The molecule has 2 aliphatic heterocycles. The van der Waals surface area contributed by atoms with E-state index in [0.29, 0.717) is 13.1 Å². The molecule has 0 radical (unpaired) electrons. The molecule has 2 heterocycles. The molecule has 0 saturated carbocycles. The standard InChI is InChI=1S/C22H26N2O3/c1-2-23(15-17-10-11-19-20(14-17)27-16-26-19)22(25)21(24-12-6-7-13-24)18-8-4-3-5-9-18/h3-5,8-11,14,21H,2,6-7,12-13,15-16H2,1H3. The molecule has 1 fully saturated rings. The zero-order valence-electron chi connectivity index (χ0n) is 15.8. The average molecular weight is 366 g/mol. The molecular weight excluding hydrogens is 340 g/mol. The Bertz CT molecular complexity index is 787. The third-order valence-electron chi connectivity index (χ3n) is 5.36. The van der Waals surface area contributed by atoms with E-state index in [1.807, 2.05) is 48.2 Å². The summed E-state index contributed by atoms with van der Waals surface area (Å²) in [4.78, 5) is 17.8. The lowest BCUT2D eigenvalue weighted by Gasteiger charge is -2.32. The van der Waals surface area contributed by atoms with Gasteiger partial charge in [0.25, 0.3) is 0 Å². The molecule has 2 aliphatic rings. The number of nitrogens with zero attached hydrogens (tertiary/aromatic N) is 2. The number of hydrogen-bond acceptors (Lipinski definition) is 4. The van der Waals surface area contributed by atoms with Gasteiger partial charge in [0.05, 0.1) is 0 Å². The van der Waals surface area contributed by atoms with Crippen LogP contribution in [-0.4, -0.2) is 42.1 Å². The summed E-state index contributed by atoms with van der Waals surface area (Å²) in [5.74, 6) is 1.70. The summed E-state index contributed by atoms with van der Waals surface area (Å²) in [5, 5.41) is 0. The molecule has 4 rings (SSSR count). The Kier molecular flexibility index (Phi) is 5.30. The quantitative estimate of drug-likeness (QED) is 0.783. The number of carbonyl (C=O) groups excluding carboxylic acids is 1. The number of benzene rings is 2. The summed E-state index contributed by atoms with van der Waals surface area (Å²) in [6.45, 7) is 5.50. The van der Waals surface area contributed by atoms with E-state index in [-0.39, 0.29) is 18.7 Å². The van der Waals surface area contributed by atoms with Crippen molar-refractivity contribution in [3.63, 3.8) is 0 Å². The lowest BCUT2D eigenvalue weighted by atomic mass is 10.0. The molecular formula is C22H26N2O3. The van der Waals surface area contributed by atoms with Crippen LogP contribution < -0.4 is 9.47 Å². The van der Waals surface area contributed by atoms with E-state index in [9.17, 15) is 4.79 Å². The molecule has 0 N–H and O–H groups in total. The van der Waals surface area contributed by atoms with Crippen molar-refractivity contribution >= 4 is 5.91 Å². The summed E-state index contributed by atoms with van der Waals surface area (Å²) < 4.78 is 10.9. The number of likely N-dealkylation sites (N-methyl/N-ethyl adjacent to an activating group) is 1. The van der Waals surface area contributed by atoms with Gasteiger partial charge in [-0.05, 0) is 56.1 Å². The SMILES string of the molecule is CCN(Cc1ccc2c(c1)OCO2)C(=O)C(c1ccccc1)N1CCCC1. The van der Waals surface area contributed by atoms with E-state index < -0.39 is 0 Å². The molecule has 1 amide bonds. The van der Waals surface area contributed by atoms with Crippen LogP contribution in [0.15, 0.2) is 48.5 Å². The van der Waals surface area contributed by atoms with Gasteiger partial charge in [0, 0.05) is 13.1 Å². The Labute approximate surface area is 160 Å². The number of hydrogen-bond donors (Lipinski definition) is 0. The predicted octanol–water partition coefficient (Wildman–Crippen LogP) is 3.60. The van der Waals surface area contributed by atoms with E-state index in [2.05, 4.69) is 17.0 Å². The average Bonchev–Trinajstić information content (AvgIpc) is 3.38. The lowest BCUT2D eigenvalue weighted by Crippen LogP contribution is -2.41. The highest BCUT2D eigenvalue weighted by atomic mass is 16.7. The fourth-order valence-corrected chi connectivity index (χ4v) is 3.92. The van der Waals surface area contributed by atoms with Gasteiger partial charge in [-0.25, -0.2) is 0 Å². The highest BCUT2D eigenvalue weighted by molar-refractivity contribution is 5.83. The first-order valence-corrected chi connectivity index (χ1v) is 9.72. The number of carbonyl (C=O) groups is 1. The van der Waals surface area contributed by atoms with Gasteiger partial charge in [-0.2, -0.15) is 0 Å². The maximum atomic E-state index is 13.5.